The third-order valence-electron chi connectivity index (χ3n) is 5.25. The van der Waals surface area contributed by atoms with E-state index in [0.29, 0.717) is 11.6 Å². The number of hydrogen-bond acceptors (Lipinski definition) is 3. The van der Waals surface area contributed by atoms with Crippen molar-refractivity contribution in [1.29, 1.82) is 0 Å². The largest absolute Gasteiger partial charge is 0.380 e. The number of benzene rings is 2. The minimum absolute atomic E-state index is 0.0802. The third-order valence-corrected chi connectivity index (χ3v) is 5.25. The second-order valence-corrected chi connectivity index (χ2v) is 7.15. The fraction of sp³-hybridized carbons (Fsp3) is 0.227. The van der Waals surface area contributed by atoms with Gasteiger partial charge < -0.3 is 20.0 Å². The molecule has 1 unspecified atom stereocenters. The number of aromatic amines is 2. The lowest BCUT2D eigenvalue weighted by Crippen LogP contribution is -2.28. The molecular formula is C22H21N3O2. The van der Waals surface area contributed by atoms with E-state index in [0.717, 1.165) is 53.7 Å². The summed E-state index contributed by atoms with van der Waals surface area (Å²) in [5, 5.41) is 5.67. The van der Waals surface area contributed by atoms with Crippen molar-refractivity contribution >= 4 is 21.8 Å². The molecule has 0 bridgehead atoms. The van der Waals surface area contributed by atoms with Crippen LogP contribution in [0.15, 0.2) is 59.4 Å². The zero-order chi connectivity index (χ0) is 18.2. The maximum absolute atomic E-state index is 12.5. The van der Waals surface area contributed by atoms with Gasteiger partial charge in [0.25, 0.3) is 5.56 Å². The van der Waals surface area contributed by atoms with E-state index in [1.807, 2.05) is 30.3 Å². The molecule has 1 aliphatic heterocycles. The number of aromatic nitrogens is 2. The molecule has 0 spiro atoms. The van der Waals surface area contributed by atoms with Crippen molar-refractivity contribution in [2.24, 2.45) is 0 Å². The van der Waals surface area contributed by atoms with Crippen LogP contribution in [0.5, 0.6) is 0 Å². The first kappa shape index (κ1) is 16.3. The van der Waals surface area contributed by atoms with Crippen LogP contribution in [0.25, 0.3) is 33.1 Å². The van der Waals surface area contributed by atoms with Crippen LogP contribution >= 0.6 is 0 Å². The van der Waals surface area contributed by atoms with Gasteiger partial charge in [0.2, 0.25) is 0 Å². The van der Waals surface area contributed by atoms with Crippen molar-refractivity contribution in [2.75, 3.05) is 13.2 Å². The van der Waals surface area contributed by atoms with Crippen LogP contribution in [-0.2, 0) is 11.3 Å². The number of pyridine rings is 1. The molecule has 0 amide bonds. The maximum Gasteiger partial charge on any atom is 0.257 e. The number of hydrogen-bond donors (Lipinski definition) is 3. The van der Waals surface area contributed by atoms with Gasteiger partial charge in [0.05, 0.1) is 17.9 Å². The molecule has 2 aromatic heterocycles. The van der Waals surface area contributed by atoms with Gasteiger partial charge in [-0.3, -0.25) is 4.79 Å². The Kier molecular flexibility index (Phi) is 4.03. The topological polar surface area (TPSA) is 69.9 Å². The molecule has 3 heterocycles. The summed E-state index contributed by atoms with van der Waals surface area (Å²) in [4.78, 5) is 18.9. The van der Waals surface area contributed by atoms with E-state index in [1.54, 1.807) is 0 Å². The lowest BCUT2D eigenvalue weighted by Gasteiger charge is -2.10. The third kappa shape index (κ3) is 3.16. The van der Waals surface area contributed by atoms with Gasteiger partial charge in [-0.25, -0.2) is 0 Å². The predicted molar refractivity (Wildman–Crippen MR) is 108 cm³/mol. The number of rotatable bonds is 4. The fourth-order valence-corrected chi connectivity index (χ4v) is 3.74. The van der Waals surface area contributed by atoms with Crippen LogP contribution in [0.2, 0.25) is 0 Å². The van der Waals surface area contributed by atoms with Crippen LogP contribution < -0.4 is 10.9 Å². The van der Waals surface area contributed by atoms with Crippen molar-refractivity contribution in [2.45, 2.75) is 19.0 Å². The average Bonchev–Trinajstić information content (AvgIpc) is 3.35. The lowest BCUT2D eigenvalue weighted by atomic mass is 10.1. The minimum Gasteiger partial charge on any atom is -0.380 e. The van der Waals surface area contributed by atoms with Crippen LogP contribution in [0.4, 0.5) is 0 Å². The van der Waals surface area contributed by atoms with E-state index in [2.05, 4.69) is 39.6 Å². The zero-order valence-electron chi connectivity index (χ0n) is 14.9. The highest BCUT2D eigenvalue weighted by atomic mass is 16.5. The maximum atomic E-state index is 12.5. The molecule has 0 saturated carbocycles. The summed E-state index contributed by atoms with van der Waals surface area (Å²) in [6.07, 6.45) is 1.07. The van der Waals surface area contributed by atoms with Crippen molar-refractivity contribution in [3.63, 3.8) is 0 Å². The van der Waals surface area contributed by atoms with Crippen molar-refractivity contribution in [3.8, 4) is 11.3 Å². The van der Waals surface area contributed by atoms with Crippen LogP contribution in [0.1, 0.15) is 12.0 Å². The van der Waals surface area contributed by atoms with E-state index in [9.17, 15) is 4.79 Å². The van der Waals surface area contributed by atoms with E-state index in [1.165, 1.54) is 5.56 Å². The summed E-state index contributed by atoms with van der Waals surface area (Å²) >= 11 is 0. The Morgan fingerprint density at radius 2 is 1.89 bits per heavy atom. The highest BCUT2D eigenvalue weighted by Crippen LogP contribution is 2.25. The molecule has 1 fully saturated rings. The quantitative estimate of drug-likeness (QED) is 0.522. The summed E-state index contributed by atoms with van der Waals surface area (Å²) in [5.41, 5.74) is 4.53. The molecule has 5 heteroatoms. The van der Waals surface area contributed by atoms with Gasteiger partial charge in [0, 0.05) is 35.6 Å². The van der Waals surface area contributed by atoms with Gasteiger partial charge in [0.15, 0.2) is 0 Å². The highest BCUT2D eigenvalue weighted by Gasteiger charge is 2.15. The van der Waals surface area contributed by atoms with Gasteiger partial charge in [-0.15, -0.1) is 0 Å². The van der Waals surface area contributed by atoms with E-state index in [-0.39, 0.29) is 5.56 Å². The summed E-state index contributed by atoms with van der Waals surface area (Å²) in [5.74, 6) is 0. The Balaban J connectivity index is 1.47. The molecule has 1 aliphatic rings. The van der Waals surface area contributed by atoms with Gasteiger partial charge >= 0.3 is 0 Å². The monoisotopic (exact) mass is 359 g/mol. The van der Waals surface area contributed by atoms with Crippen LogP contribution in [-0.4, -0.2) is 29.2 Å². The molecule has 4 aromatic rings. The Bertz CT molecular complexity index is 1170. The Morgan fingerprint density at radius 1 is 1.00 bits per heavy atom. The lowest BCUT2D eigenvalue weighted by molar-refractivity contribution is 0.190. The molecule has 1 saturated heterocycles. The second-order valence-electron chi connectivity index (χ2n) is 7.15. The number of para-hydroxylation sites is 1. The molecule has 5 rings (SSSR count). The van der Waals surface area contributed by atoms with Crippen molar-refractivity contribution in [1.82, 2.24) is 15.3 Å². The number of fused-ring (bicyclic) bond motifs is 2. The molecule has 1 atom stereocenters. The van der Waals surface area contributed by atoms with Gasteiger partial charge in [-0.05, 0) is 47.7 Å². The smallest absolute Gasteiger partial charge is 0.257 e. The summed E-state index contributed by atoms with van der Waals surface area (Å²) in [6.45, 7) is 2.46. The first-order valence-electron chi connectivity index (χ1n) is 9.31. The number of H-pyrrole nitrogens is 2. The number of nitrogens with one attached hydrogen (secondary N) is 3. The second kappa shape index (κ2) is 6.68. The molecule has 3 N–H and O–H groups in total. The molecule has 136 valence electrons. The standard InChI is InChI=1S/C22H21N3O2/c26-22-18(10-15-3-1-2-4-19(15)25-22)21-11-16-9-14(5-6-20(16)24-21)12-23-17-7-8-27-13-17/h1-6,9-11,17,23-24H,7-8,12-13H2,(H,25,26). The first-order valence-corrected chi connectivity index (χ1v) is 9.31. The highest BCUT2D eigenvalue weighted by molar-refractivity contribution is 5.89. The minimum atomic E-state index is -0.0802. The summed E-state index contributed by atoms with van der Waals surface area (Å²) in [7, 11) is 0. The van der Waals surface area contributed by atoms with Gasteiger partial charge in [0.1, 0.15) is 0 Å². The predicted octanol–water partition coefficient (Wildman–Crippen LogP) is 3.55. The van der Waals surface area contributed by atoms with E-state index >= 15 is 0 Å². The van der Waals surface area contributed by atoms with Gasteiger partial charge in [-0.1, -0.05) is 24.3 Å². The summed E-state index contributed by atoms with van der Waals surface area (Å²) in [6, 6.07) is 18.6. The zero-order valence-corrected chi connectivity index (χ0v) is 14.9. The fourth-order valence-electron chi connectivity index (χ4n) is 3.74. The van der Waals surface area contributed by atoms with Gasteiger partial charge in [-0.2, -0.15) is 0 Å². The summed E-state index contributed by atoms with van der Waals surface area (Å²) < 4.78 is 5.41. The Labute approximate surface area is 156 Å². The van der Waals surface area contributed by atoms with Crippen molar-refractivity contribution in [3.05, 3.63) is 70.5 Å². The SMILES string of the molecule is O=c1[nH]c2ccccc2cc1-c1cc2cc(CNC3CCOC3)ccc2[nH]1. The Hall–Kier alpha value is -2.89. The van der Waals surface area contributed by atoms with Crippen molar-refractivity contribution < 1.29 is 4.74 Å². The Morgan fingerprint density at radius 3 is 2.78 bits per heavy atom. The molecule has 2 aromatic carbocycles. The normalized spacial score (nSPS) is 17.1. The average molecular weight is 359 g/mol. The number of ether oxygens (including phenoxy) is 1. The molecule has 0 radical (unpaired) electrons. The van der Waals surface area contributed by atoms with Crippen LogP contribution in [0, 0.1) is 0 Å². The molecular weight excluding hydrogens is 338 g/mol. The molecule has 27 heavy (non-hydrogen) atoms. The van der Waals surface area contributed by atoms with E-state index < -0.39 is 0 Å². The van der Waals surface area contributed by atoms with E-state index in [4.69, 9.17) is 4.74 Å². The first-order chi connectivity index (χ1) is 13.3. The van der Waals surface area contributed by atoms with Crippen LogP contribution in [0.3, 0.4) is 0 Å². The molecule has 5 nitrogen and oxygen atoms in total. The molecule has 0 aliphatic carbocycles.